The van der Waals surface area contributed by atoms with Crippen LogP contribution < -0.4 is 4.72 Å². The SMILES string of the molecule is Cc1[nH]ncc1S(=O)(=O)NC(C)CC(C)Cl. The molecule has 0 aromatic carbocycles. The van der Waals surface area contributed by atoms with Crippen LogP contribution in [0.5, 0.6) is 0 Å². The molecule has 1 rings (SSSR count). The largest absolute Gasteiger partial charge is 0.281 e. The molecule has 0 bridgehead atoms. The fourth-order valence-corrected chi connectivity index (χ4v) is 3.13. The third-order valence-corrected chi connectivity index (χ3v) is 3.99. The first-order valence-corrected chi connectivity index (χ1v) is 6.91. The van der Waals surface area contributed by atoms with Gasteiger partial charge in [0.25, 0.3) is 0 Å². The summed E-state index contributed by atoms with van der Waals surface area (Å²) in [6, 6.07) is -0.202. The van der Waals surface area contributed by atoms with Crippen LogP contribution in [0, 0.1) is 6.92 Å². The molecule has 5 nitrogen and oxygen atoms in total. The summed E-state index contributed by atoms with van der Waals surface area (Å²) in [5.74, 6) is 0. The Kier molecular flexibility index (Phi) is 4.35. The smallest absolute Gasteiger partial charge is 0.244 e. The summed E-state index contributed by atoms with van der Waals surface area (Å²) in [4.78, 5) is 0.182. The van der Waals surface area contributed by atoms with Gasteiger partial charge in [0.2, 0.25) is 10.0 Å². The van der Waals surface area contributed by atoms with Crippen LogP contribution in [-0.2, 0) is 10.0 Å². The van der Waals surface area contributed by atoms with Crippen molar-refractivity contribution in [1.29, 1.82) is 0 Å². The van der Waals surface area contributed by atoms with Crippen LogP contribution in [0.3, 0.4) is 0 Å². The van der Waals surface area contributed by atoms with E-state index in [1.54, 1.807) is 13.8 Å². The number of nitrogens with zero attached hydrogens (tertiary/aromatic N) is 1. The summed E-state index contributed by atoms with van der Waals surface area (Å²) < 4.78 is 26.3. The lowest BCUT2D eigenvalue weighted by atomic mass is 10.2. The molecule has 16 heavy (non-hydrogen) atoms. The minimum atomic E-state index is -3.49. The Morgan fingerprint density at radius 2 is 2.19 bits per heavy atom. The van der Waals surface area contributed by atoms with E-state index < -0.39 is 10.0 Å². The van der Waals surface area contributed by atoms with Crippen LogP contribution in [0.4, 0.5) is 0 Å². The van der Waals surface area contributed by atoms with E-state index in [9.17, 15) is 8.42 Å². The summed E-state index contributed by atoms with van der Waals surface area (Å²) in [5.41, 5.74) is 0.527. The molecule has 0 saturated heterocycles. The van der Waals surface area contributed by atoms with Crippen LogP contribution in [-0.4, -0.2) is 30.0 Å². The molecule has 2 N–H and O–H groups in total. The van der Waals surface area contributed by atoms with Crippen molar-refractivity contribution in [2.45, 2.75) is 43.5 Å². The van der Waals surface area contributed by atoms with E-state index in [2.05, 4.69) is 14.9 Å². The zero-order valence-corrected chi connectivity index (χ0v) is 11.1. The zero-order valence-electron chi connectivity index (χ0n) is 9.49. The Balaban J connectivity index is 2.77. The molecular weight excluding hydrogens is 250 g/mol. The van der Waals surface area contributed by atoms with Crippen molar-refractivity contribution < 1.29 is 8.42 Å². The first kappa shape index (κ1) is 13.5. The minimum Gasteiger partial charge on any atom is -0.281 e. The van der Waals surface area contributed by atoms with Crippen molar-refractivity contribution in [1.82, 2.24) is 14.9 Å². The van der Waals surface area contributed by atoms with Gasteiger partial charge in [0, 0.05) is 11.4 Å². The normalized spacial score (nSPS) is 16.0. The first-order chi connectivity index (χ1) is 7.33. The van der Waals surface area contributed by atoms with Crippen LogP contribution in [0.15, 0.2) is 11.1 Å². The number of halogens is 1. The maximum Gasteiger partial charge on any atom is 0.244 e. The first-order valence-electron chi connectivity index (χ1n) is 4.99. The van der Waals surface area contributed by atoms with Gasteiger partial charge in [0.1, 0.15) is 4.90 Å². The Hall–Kier alpha value is -0.590. The average Bonchev–Trinajstić information content (AvgIpc) is 2.48. The summed E-state index contributed by atoms with van der Waals surface area (Å²) in [6.07, 6.45) is 1.88. The number of aromatic amines is 1. The monoisotopic (exact) mass is 265 g/mol. The van der Waals surface area contributed by atoms with Crippen LogP contribution >= 0.6 is 11.6 Å². The molecule has 0 aliphatic heterocycles. The third-order valence-electron chi connectivity index (χ3n) is 2.11. The number of hydrogen-bond donors (Lipinski definition) is 2. The molecule has 7 heteroatoms. The Labute approximate surface area is 101 Å². The van der Waals surface area contributed by atoms with E-state index in [0.29, 0.717) is 12.1 Å². The fourth-order valence-electron chi connectivity index (χ4n) is 1.47. The van der Waals surface area contributed by atoms with Crippen molar-refractivity contribution in [2.75, 3.05) is 0 Å². The van der Waals surface area contributed by atoms with Crippen LogP contribution in [0.25, 0.3) is 0 Å². The molecule has 1 aromatic rings. The summed E-state index contributed by atoms with van der Waals surface area (Å²) in [5, 5.41) is 6.21. The standard InChI is InChI=1S/C9H16ClN3O2S/c1-6(10)4-7(2)13-16(14,15)9-5-11-12-8(9)3/h5-7,13H,4H2,1-3H3,(H,11,12). The van der Waals surface area contributed by atoms with E-state index in [0.717, 1.165) is 0 Å². The van der Waals surface area contributed by atoms with E-state index in [1.807, 2.05) is 6.92 Å². The lowest BCUT2D eigenvalue weighted by Gasteiger charge is -2.14. The Morgan fingerprint density at radius 1 is 1.56 bits per heavy atom. The van der Waals surface area contributed by atoms with E-state index >= 15 is 0 Å². The van der Waals surface area contributed by atoms with Gasteiger partial charge in [0.05, 0.1) is 11.9 Å². The van der Waals surface area contributed by atoms with E-state index in [1.165, 1.54) is 6.20 Å². The second kappa shape index (κ2) is 5.16. The molecule has 0 saturated carbocycles. The number of aryl methyl sites for hydroxylation is 1. The summed E-state index contributed by atoms with van der Waals surface area (Å²) in [7, 11) is -3.49. The molecule has 0 aliphatic rings. The number of sulfonamides is 1. The van der Waals surface area contributed by atoms with Gasteiger partial charge in [-0.1, -0.05) is 0 Å². The van der Waals surface area contributed by atoms with Crippen molar-refractivity contribution >= 4 is 21.6 Å². The molecule has 0 amide bonds. The highest BCUT2D eigenvalue weighted by Crippen LogP contribution is 2.13. The maximum absolute atomic E-state index is 11.9. The summed E-state index contributed by atoms with van der Waals surface area (Å²) >= 11 is 5.80. The van der Waals surface area contributed by atoms with Gasteiger partial charge in [-0.15, -0.1) is 11.6 Å². The number of rotatable bonds is 5. The number of aromatic nitrogens is 2. The van der Waals surface area contributed by atoms with Crippen molar-refractivity contribution in [2.24, 2.45) is 0 Å². The number of H-pyrrole nitrogens is 1. The van der Waals surface area contributed by atoms with Crippen molar-refractivity contribution in [3.8, 4) is 0 Å². The van der Waals surface area contributed by atoms with Gasteiger partial charge in [0.15, 0.2) is 0 Å². The van der Waals surface area contributed by atoms with Gasteiger partial charge in [-0.05, 0) is 27.2 Å². The molecule has 1 heterocycles. The number of nitrogens with one attached hydrogen (secondary N) is 2. The molecule has 0 radical (unpaired) electrons. The molecule has 92 valence electrons. The second-order valence-electron chi connectivity index (χ2n) is 3.90. The highest BCUT2D eigenvalue weighted by molar-refractivity contribution is 7.89. The Bertz CT molecular complexity index is 441. The molecule has 2 unspecified atom stereocenters. The molecule has 2 atom stereocenters. The van der Waals surface area contributed by atoms with E-state index in [4.69, 9.17) is 11.6 Å². The third kappa shape index (κ3) is 3.47. The molecule has 0 spiro atoms. The van der Waals surface area contributed by atoms with E-state index in [-0.39, 0.29) is 16.3 Å². The predicted octanol–water partition coefficient (Wildman–Crippen LogP) is 1.40. The van der Waals surface area contributed by atoms with Gasteiger partial charge in [-0.25, -0.2) is 13.1 Å². The molecule has 0 fully saturated rings. The van der Waals surface area contributed by atoms with Gasteiger partial charge in [-0.2, -0.15) is 5.10 Å². The second-order valence-corrected chi connectivity index (χ2v) is 6.33. The minimum absolute atomic E-state index is 0.0665. The highest BCUT2D eigenvalue weighted by Gasteiger charge is 2.21. The Morgan fingerprint density at radius 3 is 2.62 bits per heavy atom. The van der Waals surface area contributed by atoms with Gasteiger partial charge in [-0.3, -0.25) is 5.10 Å². The van der Waals surface area contributed by atoms with Crippen molar-refractivity contribution in [3.05, 3.63) is 11.9 Å². The van der Waals surface area contributed by atoms with Crippen LogP contribution in [0.2, 0.25) is 0 Å². The zero-order chi connectivity index (χ0) is 12.3. The molecular formula is C9H16ClN3O2S. The van der Waals surface area contributed by atoms with Gasteiger partial charge >= 0.3 is 0 Å². The highest BCUT2D eigenvalue weighted by atomic mass is 35.5. The van der Waals surface area contributed by atoms with Crippen LogP contribution in [0.1, 0.15) is 26.0 Å². The fraction of sp³-hybridized carbons (Fsp3) is 0.667. The maximum atomic E-state index is 11.9. The average molecular weight is 266 g/mol. The van der Waals surface area contributed by atoms with Crippen molar-refractivity contribution in [3.63, 3.8) is 0 Å². The number of alkyl halides is 1. The topological polar surface area (TPSA) is 74.8 Å². The number of hydrogen-bond acceptors (Lipinski definition) is 3. The molecule has 1 aromatic heterocycles. The lowest BCUT2D eigenvalue weighted by molar-refractivity contribution is 0.545. The van der Waals surface area contributed by atoms with Gasteiger partial charge < -0.3 is 0 Å². The summed E-state index contributed by atoms with van der Waals surface area (Å²) in [6.45, 7) is 5.28. The quantitative estimate of drug-likeness (QED) is 0.791. The lowest BCUT2D eigenvalue weighted by Crippen LogP contribution is -2.34. The predicted molar refractivity (Wildman–Crippen MR) is 63.0 cm³/mol. The molecule has 0 aliphatic carbocycles.